The summed E-state index contributed by atoms with van der Waals surface area (Å²) in [7, 11) is 0. The van der Waals surface area contributed by atoms with Crippen LogP contribution < -0.4 is 11.5 Å². The molecule has 0 aliphatic heterocycles. The van der Waals surface area contributed by atoms with Gasteiger partial charge in [0.15, 0.2) is 0 Å². The molecule has 0 bridgehead atoms. The zero-order valence-electron chi connectivity index (χ0n) is 14.0. The Hall–Kier alpha value is -3.35. The third-order valence-electron chi connectivity index (χ3n) is 4.56. The van der Waals surface area contributed by atoms with Gasteiger partial charge in [0.25, 0.3) is 0 Å². The van der Waals surface area contributed by atoms with Gasteiger partial charge in [-0.3, -0.25) is 0 Å². The Labute approximate surface area is 153 Å². The first-order chi connectivity index (χ1) is 12.7. The van der Waals surface area contributed by atoms with Crippen LogP contribution >= 0.6 is 0 Å². The van der Waals surface area contributed by atoms with E-state index in [2.05, 4.69) is 0 Å². The minimum atomic E-state index is -4.81. The third-order valence-corrected chi connectivity index (χ3v) is 4.56. The van der Waals surface area contributed by atoms with E-state index in [4.69, 9.17) is 11.5 Å². The van der Waals surface area contributed by atoms with E-state index in [0.29, 0.717) is 0 Å². The van der Waals surface area contributed by atoms with Crippen molar-refractivity contribution in [3.05, 3.63) is 83.4 Å². The van der Waals surface area contributed by atoms with Crippen molar-refractivity contribution in [1.29, 1.82) is 0 Å². The van der Waals surface area contributed by atoms with Crippen molar-refractivity contribution in [2.24, 2.45) is 0 Å². The number of alkyl halides is 3. The van der Waals surface area contributed by atoms with Gasteiger partial charge in [0.05, 0.1) is 11.4 Å². The minimum absolute atomic E-state index is 0.0389. The molecule has 4 nitrogen and oxygen atoms in total. The Morgan fingerprint density at radius 3 is 1.44 bits per heavy atom. The summed E-state index contributed by atoms with van der Waals surface area (Å²) in [4.78, 5) is 0. The van der Waals surface area contributed by atoms with Gasteiger partial charge in [-0.2, -0.15) is 13.2 Å². The summed E-state index contributed by atoms with van der Waals surface area (Å²) < 4.78 is 44.0. The van der Waals surface area contributed by atoms with Gasteiger partial charge in [-0.25, -0.2) is 0 Å². The van der Waals surface area contributed by atoms with Crippen LogP contribution in [0.1, 0.15) is 16.7 Å². The first-order valence-electron chi connectivity index (χ1n) is 7.98. The van der Waals surface area contributed by atoms with E-state index in [1.165, 1.54) is 48.5 Å². The van der Waals surface area contributed by atoms with Crippen molar-refractivity contribution in [2.45, 2.75) is 11.6 Å². The molecule has 0 fully saturated rings. The van der Waals surface area contributed by atoms with Crippen LogP contribution in [0.25, 0.3) is 0 Å². The summed E-state index contributed by atoms with van der Waals surface area (Å²) in [6.45, 7) is 0. The largest absolute Gasteiger partial charge is 0.506 e. The normalized spacial score (nSPS) is 12.1. The van der Waals surface area contributed by atoms with Crippen LogP contribution in [0.2, 0.25) is 0 Å². The number of benzene rings is 3. The van der Waals surface area contributed by atoms with Gasteiger partial charge in [0.2, 0.25) is 0 Å². The summed E-state index contributed by atoms with van der Waals surface area (Å²) in [5.74, 6) is -0.923. The fourth-order valence-electron chi connectivity index (χ4n) is 3.23. The van der Waals surface area contributed by atoms with E-state index in [0.717, 1.165) is 12.1 Å². The van der Waals surface area contributed by atoms with Crippen molar-refractivity contribution in [2.75, 3.05) is 11.5 Å². The summed E-state index contributed by atoms with van der Waals surface area (Å²) in [6, 6.07) is 14.1. The molecule has 3 aromatic carbocycles. The van der Waals surface area contributed by atoms with Gasteiger partial charge in [-0.1, -0.05) is 42.5 Å². The number of nitrogen functional groups attached to an aromatic ring is 2. The number of phenolic OH excluding ortho intramolecular Hbond substituents is 2. The Kier molecular flexibility index (Phi) is 4.39. The number of phenols is 2. The molecular formula is C20H17F3N2O2. The van der Waals surface area contributed by atoms with Crippen molar-refractivity contribution in [3.8, 4) is 11.5 Å². The van der Waals surface area contributed by atoms with Crippen LogP contribution in [0.15, 0.2) is 66.7 Å². The number of halogens is 3. The molecule has 0 aromatic heterocycles. The number of anilines is 2. The van der Waals surface area contributed by atoms with E-state index in [1.54, 1.807) is 6.07 Å². The molecule has 0 aliphatic rings. The average molecular weight is 374 g/mol. The van der Waals surface area contributed by atoms with Crippen LogP contribution in [0, 0.1) is 0 Å². The number of hydrogen-bond donors (Lipinski definition) is 4. The fraction of sp³-hybridized carbons (Fsp3) is 0.100. The highest BCUT2D eigenvalue weighted by molar-refractivity contribution is 5.63. The van der Waals surface area contributed by atoms with Crippen molar-refractivity contribution < 1.29 is 23.4 Å². The highest BCUT2D eigenvalue weighted by Crippen LogP contribution is 2.52. The molecule has 0 spiro atoms. The molecule has 7 heteroatoms. The second kappa shape index (κ2) is 6.42. The maximum atomic E-state index is 14.7. The zero-order valence-corrected chi connectivity index (χ0v) is 14.0. The molecule has 0 saturated carbocycles. The van der Waals surface area contributed by atoms with Crippen LogP contribution in [-0.2, 0) is 5.41 Å². The van der Waals surface area contributed by atoms with Gasteiger partial charge in [-0.05, 0) is 41.0 Å². The molecule has 3 rings (SSSR count). The van der Waals surface area contributed by atoms with Gasteiger partial charge in [0, 0.05) is 0 Å². The molecule has 6 N–H and O–H groups in total. The molecule has 140 valence electrons. The van der Waals surface area contributed by atoms with Crippen molar-refractivity contribution >= 4 is 11.4 Å². The Bertz CT molecular complexity index is 921. The Balaban J connectivity index is 2.46. The van der Waals surface area contributed by atoms with Gasteiger partial charge < -0.3 is 21.7 Å². The second-order valence-electron chi connectivity index (χ2n) is 6.16. The molecule has 0 amide bonds. The molecule has 0 heterocycles. The summed E-state index contributed by atoms with van der Waals surface area (Å²) >= 11 is 0. The van der Waals surface area contributed by atoms with E-state index in [1.807, 2.05) is 0 Å². The summed E-state index contributed by atoms with van der Waals surface area (Å²) in [5.41, 5.74) is 7.87. The molecule has 3 aromatic rings. The van der Waals surface area contributed by atoms with Crippen LogP contribution in [0.3, 0.4) is 0 Å². The first-order valence-corrected chi connectivity index (χ1v) is 7.98. The van der Waals surface area contributed by atoms with Crippen LogP contribution in [0.4, 0.5) is 24.5 Å². The van der Waals surface area contributed by atoms with E-state index >= 15 is 0 Å². The molecule has 0 saturated heterocycles. The molecular weight excluding hydrogens is 357 g/mol. The van der Waals surface area contributed by atoms with Crippen molar-refractivity contribution in [3.63, 3.8) is 0 Å². The fourth-order valence-corrected chi connectivity index (χ4v) is 3.23. The lowest BCUT2D eigenvalue weighted by molar-refractivity contribution is -0.166. The van der Waals surface area contributed by atoms with Crippen LogP contribution in [0.5, 0.6) is 11.5 Å². The lowest BCUT2D eigenvalue weighted by Gasteiger charge is -2.37. The predicted molar refractivity (Wildman–Crippen MR) is 97.4 cm³/mol. The highest BCUT2D eigenvalue weighted by atomic mass is 19.4. The topological polar surface area (TPSA) is 92.5 Å². The van der Waals surface area contributed by atoms with Gasteiger partial charge >= 0.3 is 6.18 Å². The van der Waals surface area contributed by atoms with Crippen LogP contribution in [-0.4, -0.2) is 16.4 Å². The quantitative estimate of drug-likeness (QED) is 0.315. The Morgan fingerprint density at radius 1 is 0.630 bits per heavy atom. The predicted octanol–water partition coefficient (Wildman–Crippen LogP) is 4.16. The SMILES string of the molecule is Nc1ccc(C(c2ccccc2)(c2ccc(N)c(O)c2)C(F)(F)F)cc1O. The first kappa shape index (κ1) is 18.4. The van der Waals surface area contributed by atoms with Crippen molar-refractivity contribution in [1.82, 2.24) is 0 Å². The smallest absolute Gasteiger partial charge is 0.406 e. The molecule has 0 aliphatic carbocycles. The Morgan fingerprint density at radius 2 is 1.07 bits per heavy atom. The molecule has 0 radical (unpaired) electrons. The minimum Gasteiger partial charge on any atom is -0.506 e. The highest BCUT2D eigenvalue weighted by Gasteiger charge is 2.58. The lowest BCUT2D eigenvalue weighted by atomic mass is 9.68. The number of aromatic hydroxyl groups is 2. The summed E-state index contributed by atoms with van der Waals surface area (Å²) in [6.07, 6.45) is -4.81. The number of nitrogens with two attached hydrogens (primary N) is 2. The summed E-state index contributed by atoms with van der Waals surface area (Å²) in [5, 5.41) is 19.9. The van der Waals surface area contributed by atoms with Gasteiger partial charge in [0.1, 0.15) is 16.9 Å². The zero-order chi connectivity index (χ0) is 19.8. The average Bonchev–Trinajstić information content (AvgIpc) is 2.61. The van der Waals surface area contributed by atoms with E-state index in [-0.39, 0.29) is 28.1 Å². The molecule has 0 atom stereocenters. The van der Waals surface area contributed by atoms with E-state index < -0.39 is 23.1 Å². The van der Waals surface area contributed by atoms with Gasteiger partial charge in [-0.15, -0.1) is 0 Å². The van der Waals surface area contributed by atoms with E-state index in [9.17, 15) is 23.4 Å². The number of rotatable bonds is 3. The number of hydrogen-bond acceptors (Lipinski definition) is 4. The second-order valence-corrected chi connectivity index (χ2v) is 6.16. The molecule has 27 heavy (non-hydrogen) atoms. The lowest BCUT2D eigenvalue weighted by Crippen LogP contribution is -2.44. The maximum Gasteiger partial charge on any atom is 0.406 e. The maximum absolute atomic E-state index is 14.7. The monoisotopic (exact) mass is 374 g/mol. The third kappa shape index (κ3) is 2.91. The molecule has 0 unspecified atom stereocenters. The standard InChI is InChI=1S/C20H17F3N2O2/c21-20(22,23)19(12-4-2-1-3-5-12,13-6-8-15(24)17(26)10-13)14-7-9-16(25)18(27)11-14/h1-11,26-27H,24-25H2.